The maximum absolute atomic E-state index is 13.1. The number of hydrogen-bond acceptors (Lipinski definition) is 3. The monoisotopic (exact) mass is 486 g/mol. The topological polar surface area (TPSA) is 38.2 Å². The van der Waals surface area contributed by atoms with E-state index in [4.69, 9.17) is 46.4 Å². The van der Waals surface area contributed by atoms with Crippen molar-refractivity contribution >= 4 is 63.4 Å². The van der Waals surface area contributed by atoms with Gasteiger partial charge in [-0.3, -0.25) is 0 Å². The molecule has 0 fully saturated rings. The number of aromatic nitrogens is 3. The number of hydrogen-bond donors (Lipinski definition) is 0. The maximum atomic E-state index is 13.1. The lowest BCUT2D eigenvalue weighted by Crippen LogP contribution is -2.42. The summed E-state index contributed by atoms with van der Waals surface area (Å²) in [5.74, 6) is 0. The summed E-state index contributed by atoms with van der Waals surface area (Å²) in [5.41, 5.74) is 1.26. The van der Waals surface area contributed by atoms with Crippen LogP contribution < -0.4 is 10.1 Å². The van der Waals surface area contributed by atoms with Crippen LogP contribution in [0.3, 0.4) is 0 Å². The minimum Gasteiger partial charge on any atom is -0.240 e. The lowest BCUT2D eigenvalue weighted by atomic mass is 10.1. The standard InChI is InChI=1S/C18H10Cl4N3OS.C2H6/c19-11-5-10(6-12(20)7-11)15-16(21)25(9-13-8-23-18(22)27-13)14-3-1-2-4-24(14)17(15)26;1-2/h1-8H,9H2;1-2H3/q+1;. The molecule has 0 aliphatic rings. The first kappa shape index (κ1) is 22.1. The van der Waals surface area contributed by atoms with E-state index in [9.17, 15) is 4.79 Å². The van der Waals surface area contributed by atoms with Crippen LogP contribution in [-0.2, 0) is 6.54 Å². The van der Waals surface area contributed by atoms with Crippen LogP contribution in [0.25, 0.3) is 16.8 Å². The highest BCUT2D eigenvalue weighted by molar-refractivity contribution is 7.15. The van der Waals surface area contributed by atoms with Gasteiger partial charge in [0.15, 0.2) is 4.47 Å². The molecule has 0 unspecified atom stereocenters. The van der Waals surface area contributed by atoms with Crippen LogP contribution >= 0.6 is 57.7 Å². The molecule has 150 valence electrons. The van der Waals surface area contributed by atoms with Gasteiger partial charge in [0.2, 0.25) is 5.15 Å². The summed E-state index contributed by atoms with van der Waals surface area (Å²) in [7, 11) is 0. The average molecular weight is 488 g/mol. The molecule has 4 nitrogen and oxygen atoms in total. The van der Waals surface area contributed by atoms with Crippen molar-refractivity contribution in [2.45, 2.75) is 20.4 Å². The summed E-state index contributed by atoms with van der Waals surface area (Å²) >= 11 is 26.3. The number of nitrogens with zero attached hydrogens (tertiary/aromatic N) is 3. The second-order valence-electron chi connectivity index (χ2n) is 5.72. The molecule has 3 aromatic heterocycles. The van der Waals surface area contributed by atoms with Crippen LogP contribution in [-0.4, -0.2) is 9.38 Å². The molecule has 0 saturated heterocycles. The van der Waals surface area contributed by atoms with Gasteiger partial charge in [0.05, 0.1) is 11.1 Å². The van der Waals surface area contributed by atoms with E-state index in [-0.39, 0.29) is 10.7 Å². The molecule has 4 rings (SSSR count). The number of pyridine rings is 1. The molecule has 0 bridgehead atoms. The van der Waals surface area contributed by atoms with Crippen molar-refractivity contribution in [1.82, 2.24) is 9.38 Å². The van der Waals surface area contributed by atoms with E-state index in [0.29, 0.717) is 37.8 Å². The Balaban J connectivity index is 0.00000117. The first-order chi connectivity index (χ1) is 13.9. The Hall–Kier alpha value is -1.63. The molecule has 4 aromatic rings. The Morgan fingerprint density at radius 1 is 1.07 bits per heavy atom. The molecule has 0 aliphatic heterocycles. The van der Waals surface area contributed by atoms with Crippen molar-refractivity contribution in [2.75, 3.05) is 0 Å². The summed E-state index contributed by atoms with van der Waals surface area (Å²) in [4.78, 5) is 18.1. The van der Waals surface area contributed by atoms with Crippen molar-refractivity contribution < 1.29 is 4.57 Å². The number of thiazole rings is 1. The van der Waals surface area contributed by atoms with E-state index in [2.05, 4.69) is 4.98 Å². The van der Waals surface area contributed by atoms with Gasteiger partial charge in [-0.2, -0.15) is 4.40 Å². The van der Waals surface area contributed by atoms with Gasteiger partial charge in [-0.05, 0) is 41.4 Å². The van der Waals surface area contributed by atoms with Gasteiger partial charge in [0, 0.05) is 22.3 Å². The van der Waals surface area contributed by atoms with Crippen LogP contribution in [0.15, 0.2) is 53.6 Å². The van der Waals surface area contributed by atoms with Gasteiger partial charge in [-0.25, -0.2) is 14.3 Å². The van der Waals surface area contributed by atoms with E-state index < -0.39 is 0 Å². The minimum atomic E-state index is -0.257. The van der Waals surface area contributed by atoms with Gasteiger partial charge in [0.25, 0.3) is 5.65 Å². The Labute approximate surface area is 191 Å². The third kappa shape index (κ3) is 4.60. The molecule has 0 N–H and O–H groups in total. The van der Waals surface area contributed by atoms with Crippen molar-refractivity contribution in [2.24, 2.45) is 0 Å². The molecule has 9 heteroatoms. The van der Waals surface area contributed by atoms with Crippen LogP contribution in [0.4, 0.5) is 0 Å². The molecule has 0 aliphatic carbocycles. The molecule has 0 amide bonds. The number of benzene rings is 1. The van der Waals surface area contributed by atoms with Crippen molar-refractivity contribution in [3.63, 3.8) is 0 Å². The predicted molar refractivity (Wildman–Crippen MR) is 122 cm³/mol. The normalized spacial score (nSPS) is 10.7. The van der Waals surface area contributed by atoms with E-state index in [1.807, 2.05) is 30.5 Å². The van der Waals surface area contributed by atoms with Gasteiger partial charge >= 0.3 is 5.56 Å². The summed E-state index contributed by atoms with van der Waals surface area (Å²) in [5, 5.41) is 1.13. The highest BCUT2D eigenvalue weighted by Gasteiger charge is 2.25. The molecule has 0 radical (unpaired) electrons. The fourth-order valence-electron chi connectivity index (χ4n) is 2.87. The summed E-state index contributed by atoms with van der Waals surface area (Å²) < 4.78 is 3.82. The zero-order valence-corrected chi connectivity index (χ0v) is 19.3. The largest absolute Gasteiger partial charge is 0.351 e. The van der Waals surface area contributed by atoms with Gasteiger partial charge in [-0.1, -0.05) is 54.7 Å². The number of halogens is 4. The molecule has 0 atom stereocenters. The fourth-order valence-corrected chi connectivity index (χ4v) is 4.70. The number of rotatable bonds is 3. The lowest BCUT2D eigenvalue weighted by molar-refractivity contribution is -0.662. The van der Waals surface area contributed by atoms with Crippen LogP contribution in [0, 0.1) is 0 Å². The van der Waals surface area contributed by atoms with Gasteiger partial charge in [0.1, 0.15) is 12.1 Å². The van der Waals surface area contributed by atoms with Crippen molar-refractivity contribution in [3.05, 3.63) is 83.7 Å². The quantitative estimate of drug-likeness (QED) is 0.247. The van der Waals surface area contributed by atoms with Gasteiger partial charge < -0.3 is 0 Å². The third-order valence-electron chi connectivity index (χ3n) is 3.98. The SMILES string of the molecule is CC.O=c1c(-c2cc(Cl)cc(Cl)c2)c(Cl)[n+](Cc2cnc(Cl)s2)c2ccccn12. The van der Waals surface area contributed by atoms with Crippen LogP contribution in [0.1, 0.15) is 18.7 Å². The fraction of sp³-hybridized carbons (Fsp3) is 0.150. The molecular formula is C20H16Cl4N3OS+. The number of fused-ring (bicyclic) bond motifs is 1. The smallest absolute Gasteiger partial charge is 0.240 e. The molecule has 0 spiro atoms. The maximum Gasteiger partial charge on any atom is 0.351 e. The predicted octanol–water partition coefficient (Wildman–Crippen LogP) is 6.40. The molecule has 29 heavy (non-hydrogen) atoms. The molecular weight excluding hydrogens is 472 g/mol. The zero-order chi connectivity index (χ0) is 21.1. The third-order valence-corrected chi connectivity index (χ3v) is 5.91. The van der Waals surface area contributed by atoms with Gasteiger partial charge in [-0.15, -0.1) is 11.3 Å². The highest BCUT2D eigenvalue weighted by Crippen LogP contribution is 2.29. The molecule has 0 saturated carbocycles. The Kier molecular flexibility index (Phi) is 7.19. The Bertz CT molecular complexity index is 1220. The van der Waals surface area contributed by atoms with E-state index in [1.54, 1.807) is 41.1 Å². The van der Waals surface area contributed by atoms with E-state index in [1.165, 1.54) is 11.3 Å². The second kappa shape index (κ2) is 9.45. The Morgan fingerprint density at radius 3 is 2.38 bits per heavy atom. The van der Waals surface area contributed by atoms with Crippen molar-refractivity contribution in [3.8, 4) is 11.1 Å². The lowest BCUT2D eigenvalue weighted by Gasteiger charge is -2.10. The minimum absolute atomic E-state index is 0.257. The zero-order valence-electron chi connectivity index (χ0n) is 15.5. The Morgan fingerprint density at radius 2 is 1.76 bits per heavy atom. The van der Waals surface area contributed by atoms with E-state index >= 15 is 0 Å². The van der Waals surface area contributed by atoms with Crippen LogP contribution in [0.5, 0.6) is 0 Å². The summed E-state index contributed by atoms with van der Waals surface area (Å²) in [6, 6.07) is 10.4. The second-order valence-corrected chi connectivity index (χ2v) is 8.65. The first-order valence-electron chi connectivity index (χ1n) is 8.73. The average Bonchev–Trinajstić information content (AvgIpc) is 3.11. The van der Waals surface area contributed by atoms with E-state index in [0.717, 1.165) is 4.88 Å². The summed E-state index contributed by atoms with van der Waals surface area (Å²) in [6.45, 7) is 4.41. The molecule has 3 heterocycles. The highest BCUT2D eigenvalue weighted by atomic mass is 35.5. The summed E-state index contributed by atoms with van der Waals surface area (Å²) in [6.07, 6.45) is 3.39. The molecule has 1 aromatic carbocycles. The van der Waals surface area contributed by atoms with Crippen LogP contribution in [0.2, 0.25) is 19.7 Å². The first-order valence-corrected chi connectivity index (χ1v) is 11.1. The van der Waals surface area contributed by atoms with Crippen molar-refractivity contribution in [1.29, 1.82) is 0 Å².